The Morgan fingerprint density at radius 1 is 1.06 bits per heavy atom. The normalized spacial score (nSPS) is 45.1. The molecule has 3 unspecified atom stereocenters. The van der Waals surface area contributed by atoms with Crippen LogP contribution in [0.2, 0.25) is 0 Å². The van der Waals surface area contributed by atoms with Crippen LogP contribution in [0.1, 0.15) is 51.4 Å². The van der Waals surface area contributed by atoms with E-state index in [0.717, 1.165) is 51.4 Å². The van der Waals surface area contributed by atoms with Gasteiger partial charge >= 0.3 is 0 Å². The number of fused-ring (bicyclic) bond motifs is 1. The summed E-state index contributed by atoms with van der Waals surface area (Å²) in [5.41, 5.74) is 0. The molecule has 3 aliphatic rings. The molecule has 0 spiro atoms. The Hall–Kier alpha value is -0.410. The highest BCUT2D eigenvalue weighted by molar-refractivity contribution is 5.81. The lowest BCUT2D eigenvalue weighted by molar-refractivity contribution is -0.125. The molecule has 96 valence electrons. The standard InChI is InChI=1S/C14H22O3/c15-11-4-1-9(2-5-11)7-12(16)10-3-6-13-14(8-10)17-13/h9-11,13-15H,1-8H2. The van der Waals surface area contributed by atoms with Crippen LogP contribution in [0, 0.1) is 11.8 Å². The van der Waals surface area contributed by atoms with Crippen molar-refractivity contribution in [2.24, 2.45) is 11.8 Å². The van der Waals surface area contributed by atoms with Crippen LogP contribution in [-0.4, -0.2) is 29.2 Å². The molecule has 3 heteroatoms. The molecule has 3 fully saturated rings. The highest BCUT2D eigenvalue weighted by Gasteiger charge is 2.45. The molecule has 3 rings (SSSR count). The third kappa shape index (κ3) is 2.71. The summed E-state index contributed by atoms with van der Waals surface area (Å²) in [6.07, 6.45) is 8.45. The van der Waals surface area contributed by atoms with E-state index in [1.54, 1.807) is 0 Å². The minimum atomic E-state index is -0.114. The molecular formula is C14H22O3. The van der Waals surface area contributed by atoms with Gasteiger partial charge in [0.1, 0.15) is 5.78 Å². The molecule has 2 aliphatic carbocycles. The number of ketones is 1. The first kappa shape index (κ1) is 11.7. The van der Waals surface area contributed by atoms with Crippen LogP contribution in [0.4, 0.5) is 0 Å². The van der Waals surface area contributed by atoms with Crippen LogP contribution in [0.15, 0.2) is 0 Å². The number of epoxide rings is 1. The van der Waals surface area contributed by atoms with E-state index in [4.69, 9.17) is 4.74 Å². The number of carbonyl (C=O) groups is 1. The number of aliphatic hydroxyl groups excluding tert-OH is 1. The molecule has 0 radical (unpaired) electrons. The highest BCUT2D eigenvalue weighted by atomic mass is 16.6. The van der Waals surface area contributed by atoms with Gasteiger partial charge in [-0.2, -0.15) is 0 Å². The van der Waals surface area contributed by atoms with Gasteiger partial charge in [-0.1, -0.05) is 0 Å². The van der Waals surface area contributed by atoms with Crippen LogP contribution in [0.25, 0.3) is 0 Å². The summed E-state index contributed by atoms with van der Waals surface area (Å²) < 4.78 is 5.48. The van der Waals surface area contributed by atoms with E-state index in [9.17, 15) is 9.90 Å². The van der Waals surface area contributed by atoms with Crippen molar-refractivity contribution in [3.63, 3.8) is 0 Å². The fourth-order valence-corrected chi connectivity index (χ4v) is 3.50. The number of Topliss-reactive ketones (excluding diaryl/α,β-unsaturated/α-hetero) is 1. The lowest BCUT2D eigenvalue weighted by Gasteiger charge is -2.26. The van der Waals surface area contributed by atoms with Gasteiger partial charge in [0.25, 0.3) is 0 Å². The van der Waals surface area contributed by atoms with Crippen molar-refractivity contribution in [3.05, 3.63) is 0 Å². The number of ether oxygens (including phenoxy) is 1. The van der Waals surface area contributed by atoms with Gasteiger partial charge in [0.05, 0.1) is 18.3 Å². The maximum absolute atomic E-state index is 12.2. The van der Waals surface area contributed by atoms with Crippen LogP contribution < -0.4 is 0 Å². The molecule has 2 saturated carbocycles. The number of hydrogen-bond acceptors (Lipinski definition) is 3. The van der Waals surface area contributed by atoms with Gasteiger partial charge in [0.2, 0.25) is 0 Å². The molecule has 1 heterocycles. The third-order valence-corrected chi connectivity index (χ3v) is 4.77. The fraction of sp³-hybridized carbons (Fsp3) is 0.929. The molecule has 0 amide bonds. The van der Waals surface area contributed by atoms with Crippen molar-refractivity contribution in [2.75, 3.05) is 0 Å². The Bertz CT molecular complexity index is 294. The number of hydrogen-bond donors (Lipinski definition) is 1. The number of rotatable bonds is 3. The van der Waals surface area contributed by atoms with Crippen LogP contribution in [0.5, 0.6) is 0 Å². The van der Waals surface area contributed by atoms with Crippen molar-refractivity contribution < 1.29 is 14.6 Å². The summed E-state index contributed by atoms with van der Waals surface area (Å²) in [6.45, 7) is 0. The smallest absolute Gasteiger partial charge is 0.136 e. The molecule has 17 heavy (non-hydrogen) atoms. The minimum absolute atomic E-state index is 0.114. The van der Waals surface area contributed by atoms with E-state index < -0.39 is 0 Å². The van der Waals surface area contributed by atoms with E-state index in [1.807, 2.05) is 0 Å². The van der Waals surface area contributed by atoms with Gasteiger partial charge in [0.15, 0.2) is 0 Å². The quantitative estimate of drug-likeness (QED) is 0.766. The second-order valence-corrected chi connectivity index (χ2v) is 6.07. The van der Waals surface area contributed by atoms with Crippen LogP contribution in [-0.2, 0) is 9.53 Å². The second-order valence-electron chi connectivity index (χ2n) is 6.07. The largest absolute Gasteiger partial charge is 0.393 e. The monoisotopic (exact) mass is 238 g/mol. The van der Waals surface area contributed by atoms with Gasteiger partial charge < -0.3 is 9.84 Å². The van der Waals surface area contributed by atoms with Gasteiger partial charge in [0, 0.05) is 12.3 Å². The highest BCUT2D eigenvalue weighted by Crippen LogP contribution is 2.40. The summed E-state index contributed by atoms with van der Waals surface area (Å²) in [4.78, 5) is 12.2. The summed E-state index contributed by atoms with van der Waals surface area (Å²) >= 11 is 0. The Morgan fingerprint density at radius 2 is 1.82 bits per heavy atom. The maximum atomic E-state index is 12.2. The first-order chi connectivity index (χ1) is 8.22. The minimum Gasteiger partial charge on any atom is -0.393 e. The first-order valence-electron chi connectivity index (χ1n) is 7.08. The summed E-state index contributed by atoms with van der Waals surface area (Å²) in [7, 11) is 0. The van der Waals surface area contributed by atoms with Crippen molar-refractivity contribution >= 4 is 5.78 Å². The van der Waals surface area contributed by atoms with E-state index in [0.29, 0.717) is 23.9 Å². The predicted octanol–water partition coefficient (Wildman–Crippen LogP) is 2.06. The Balaban J connectivity index is 1.46. The summed E-state index contributed by atoms with van der Waals surface area (Å²) in [5.74, 6) is 1.26. The Morgan fingerprint density at radius 3 is 2.53 bits per heavy atom. The fourth-order valence-electron chi connectivity index (χ4n) is 3.50. The number of carbonyl (C=O) groups excluding carboxylic acids is 1. The lowest BCUT2D eigenvalue weighted by Crippen LogP contribution is -2.26. The molecule has 0 aromatic heterocycles. The van der Waals surface area contributed by atoms with Crippen LogP contribution >= 0.6 is 0 Å². The Kier molecular flexibility index (Phi) is 3.22. The van der Waals surface area contributed by atoms with Crippen LogP contribution in [0.3, 0.4) is 0 Å². The molecule has 0 aromatic carbocycles. The van der Waals surface area contributed by atoms with Crippen molar-refractivity contribution in [2.45, 2.75) is 69.7 Å². The predicted molar refractivity (Wildman–Crippen MR) is 63.6 cm³/mol. The molecule has 0 bridgehead atoms. The first-order valence-corrected chi connectivity index (χ1v) is 7.08. The lowest BCUT2D eigenvalue weighted by atomic mass is 9.79. The average Bonchev–Trinajstić information content (AvgIpc) is 3.10. The maximum Gasteiger partial charge on any atom is 0.136 e. The molecule has 3 atom stereocenters. The molecule has 3 nitrogen and oxygen atoms in total. The SMILES string of the molecule is O=C(CC1CCC(O)CC1)C1CCC2OC2C1. The van der Waals surface area contributed by atoms with E-state index in [2.05, 4.69) is 0 Å². The topological polar surface area (TPSA) is 49.8 Å². The molecule has 1 N–H and O–H groups in total. The molecule has 0 aromatic rings. The van der Waals surface area contributed by atoms with Crippen molar-refractivity contribution in [1.29, 1.82) is 0 Å². The van der Waals surface area contributed by atoms with Gasteiger partial charge in [-0.15, -0.1) is 0 Å². The molecule has 1 aliphatic heterocycles. The van der Waals surface area contributed by atoms with E-state index in [1.165, 1.54) is 0 Å². The van der Waals surface area contributed by atoms with Gasteiger partial charge in [-0.3, -0.25) is 4.79 Å². The average molecular weight is 238 g/mol. The summed E-state index contributed by atoms with van der Waals surface area (Å²) in [6, 6.07) is 0. The zero-order valence-corrected chi connectivity index (χ0v) is 10.3. The van der Waals surface area contributed by atoms with E-state index in [-0.39, 0.29) is 12.0 Å². The summed E-state index contributed by atoms with van der Waals surface area (Å²) in [5, 5.41) is 9.45. The molecular weight excluding hydrogens is 216 g/mol. The Labute approximate surface area is 103 Å². The van der Waals surface area contributed by atoms with Crippen molar-refractivity contribution in [1.82, 2.24) is 0 Å². The van der Waals surface area contributed by atoms with Gasteiger partial charge in [-0.05, 0) is 50.9 Å². The van der Waals surface area contributed by atoms with Gasteiger partial charge in [-0.25, -0.2) is 0 Å². The zero-order chi connectivity index (χ0) is 11.8. The molecule has 1 saturated heterocycles. The zero-order valence-electron chi connectivity index (χ0n) is 10.3. The van der Waals surface area contributed by atoms with Crippen molar-refractivity contribution in [3.8, 4) is 0 Å². The van der Waals surface area contributed by atoms with E-state index >= 15 is 0 Å². The second kappa shape index (κ2) is 4.69. The third-order valence-electron chi connectivity index (χ3n) is 4.77. The number of aliphatic hydroxyl groups is 1.